The van der Waals surface area contributed by atoms with Gasteiger partial charge in [-0.05, 0) is 43.0 Å². The number of hydrogen-bond donors (Lipinski definition) is 1. The Morgan fingerprint density at radius 3 is 2.76 bits per heavy atom. The minimum absolute atomic E-state index is 0.101. The van der Waals surface area contributed by atoms with Gasteiger partial charge in [-0.1, -0.05) is 43.7 Å². The zero-order valence-corrected chi connectivity index (χ0v) is 16.6. The summed E-state index contributed by atoms with van der Waals surface area (Å²) in [6.07, 6.45) is 4.79. The second-order valence-electron chi connectivity index (χ2n) is 7.46. The van der Waals surface area contributed by atoms with Crippen LogP contribution in [0.3, 0.4) is 0 Å². The first kappa shape index (κ1) is 19.3. The lowest BCUT2D eigenvalue weighted by atomic mass is 9.95. The van der Waals surface area contributed by atoms with Crippen molar-refractivity contribution in [2.45, 2.75) is 51.5 Å². The Labute approximate surface area is 170 Å². The molecule has 6 heteroatoms. The maximum Gasteiger partial charge on any atom is 0.231 e. The third-order valence-corrected chi connectivity index (χ3v) is 5.51. The number of carbonyl (C=O) groups is 1. The number of anilines is 1. The van der Waals surface area contributed by atoms with Crippen LogP contribution in [-0.4, -0.2) is 20.7 Å². The van der Waals surface area contributed by atoms with Gasteiger partial charge in [0.1, 0.15) is 11.6 Å². The van der Waals surface area contributed by atoms with E-state index in [0.29, 0.717) is 23.5 Å². The second kappa shape index (κ2) is 8.55. The number of fused-ring (bicyclic) bond motifs is 1. The van der Waals surface area contributed by atoms with Crippen LogP contribution < -0.4 is 5.32 Å². The molecule has 29 heavy (non-hydrogen) atoms. The Balaban J connectivity index is 1.61. The molecule has 0 aliphatic carbocycles. The first-order valence-electron chi connectivity index (χ1n) is 10.2. The fraction of sp³-hybridized carbons (Fsp3) is 0.348. The molecule has 1 aliphatic rings. The van der Waals surface area contributed by atoms with E-state index in [9.17, 15) is 9.18 Å². The summed E-state index contributed by atoms with van der Waals surface area (Å²) in [4.78, 5) is 12.9. The Morgan fingerprint density at radius 1 is 1.14 bits per heavy atom. The van der Waals surface area contributed by atoms with Crippen LogP contribution in [0.2, 0.25) is 0 Å². The number of hydrogen-bond acceptors (Lipinski definition) is 3. The molecule has 5 nitrogen and oxygen atoms in total. The van der Waals surface area contributed by atoms with Gasteiger partial charge in [-0.2, -0.15) is 0 Å². The van der Waals surface area contributed by atoms with Crippen LogP contribution in [0.4, 0.5) is 10.1 Å². The summed E-state index contributed by atoms with van der Waals surface area (Å²) in [7, 11) is 0. The van der Waals surface area contributed by atoms with E-state index in [1.807, 2.05) is 41.8 Å². The topological polar surface area (TPSA) is 59.8 Å². The van der Waals surface area contributed by atoms with Crippen LogP contribution in [0.15, 0.2) is 48.5 Å². The summed E-state index contributed by atoms with van der Waals surface area (Å²) in [5.74, 6) is 0.718. The minimum Gasteiger partial charge on any atom is -0.326 e. The maximum absolute atomic E-state index is 14.6. The van der Waals surface area contributed by atoms with Gasteiger partial charge in [-0.25, -0.2) is 4.39 Å². The highest BCUT2D eigenvalue weighted by atomic mass is 19.1. The monoisotopic (exact) mass is 392 g/mol. The number of nitrogens with zero attached hydrogens (tertiary/aromatic N) is 3. The highest BCUT2D eigenvalue weighted by Gasteiger charge is 2.21. The van der Waals surface area contributed by atoms with Crippen molar-refractivity contribution in [2.24, 2.45) is 0 Å². The van der Waals surface area contributed by atoms with Gasteiger partial charge in [0.2, 0.25) is 5.91 Å². The number of aryl methyl sites for hydroxylation is 1. The van der Waals surface area contributed by atoms with Crippen molar-refractivity contribution >= 4 is 11.6 Å². The molecule has 2 aromatic carbocycles. The Bertz CT molecular complexity index is 999. The highest BCUT2D eigenvalue weighted by molar-refractivity contribution is 5.96. The van der Waals surface area contributed by atoms with Crippen LogP contribution in [-0.2, 0) is 17.8 Å². The number of halogens is 1. The third kappa shape index (κ3) is 4.06. The zero-order chi connectivity index (χ0) is 20.2. The Hall–Kier alpha value is -3.02. The van der Waals surface area contributed by atoms with Crippen LogP contribution in [0.5, 0.6) is 0 Å². The average molecular weight is 392 g/mol. The zero-order valence-electron chi connectivity index (χ0n) is 16.6. The van der Waals surface area contributed by atoms with Gasteiger partial charge >= 0.3 is 0 Å². The van der Waals surface area contributed by atoms with Crippen molar-refractivity contribution in [2.75, 3.05) is 5.32 Å². The van der Waals surface area contributed by atoms with Crippen molar-refractivity contribution in [1.29, 1.82) is 0 Å². The molecule has 3 aromatic rings. The molecule has 1 aliphatic heterocycles. The van der Waals surface area contributed by atoms with E-state index in [4.69, 9.17) is 0 Å². The summed E-state index contributed by atoms with van der Waals surface area (Å²) >= 11 is 0. The standard InChI is InChI=1S/C23H25FN4O/c1-2-18(16-9-5-3-6-10-16)23(29)25-17-12-13-20(24)19(15-17)22-27-26-21-11-7-4-8-14-28(21)22/h3,5-6,9-10,12-13,15,18H,2,4,7-8,11,14H2,1H3,(H,25,29). The molecule has 0 radical (unpaired) electrons. The van der Waals surface area contributed by atoms with Gasteiger partial charge in [-0.3, -0.25) is 4.79 Å². The molecule has 1 atom stereocenters. The molecule has 0 bridgehead atoms. The molecule has 1 N–H and O–H groups in total. The molecule has 150 valence electrons. The maximum atomic E-state index is 14.6. The molecule has 4 rings (SSSR count). The van der Waals surface area contributed by atoms with Crippen LogP contribution in [0.25, 0.3) is 11.4 Å². The van der Waals surface area contributed by atoms with Crippen molar-refractivity contribution < 1.29 is 9.18 Å². The highest BCUT2D eigenvalue weighted by Crippen LogP contribution is 2.28. The number of aromatic nitrogens is 3. The van der Waals surface area contributed by atoms with E-state index in [2.05, 4.69) is 15.5 Å². The van der Waals surface area contributed by atoms with Crippen LogP contribution in [0, 0.1) is 5.82 Å². The number of carbonyl (C=O) groups excluding carboxylic acids is 1. The fourth-order valence-corrected chi connectivity index (χ4v) is 3.95. The first-order chi connectivity index (χ1) is 14.2. The van der Waals surface area contributed by atoms with E-state index >= 15 is 0 Å². The van der Waals surface area contributed by atoms with E-state index < -0.39 is 0 Å². The largest absolute Gasteiger partial charge is 0.326 e. The van der Waals surface area contributed by atoms with Crippen LogP contribution in [0.1, 0.15) is 49.9 Å². The summed E-state index contributed by atoms with van der Waals surface area (Å²) < 4.78 is 16.6. The van der Waals surface area contributed by atoms with E-state index in [1.165, 1.54) is 6.07 Å². The van der Waals surface area contributed by atoms with Gasteiger partial charge in [0.25, 0.3) is 0 Å². The summed E-state index contributed by atoms with van der Waals surface area (Å²) in [6.45, 7) is 2.78. The molecule has 0 saturated carbocycles. The van der Waals surface area contributed by atoms with Crippen molar-refractivity contribution in [3.63, 3.8) is 0 Å². The molecule has 1 unspecified atom stereocenters. The first-order valence-corrected chi connectivity index (χ1v) is 10.2. The predicted molar refractivity (Wildman–Crippen MR) is 111 cm³/mol. The lowest BCUT2D eigenvalue weighted by molar-refractivity contribution is -0.117. The number of rotatable bonds is 5. The number of benzene rings is 2. The molecule has 0 fully saturated rings. The predicted octanol–water partition coefficient (Wildman–Crippen LogP) is 4.94. The van der Waals surface area contributed by atoms with Gasteiger partial charge in [0.15, 0.2) is 5.82 Å². The summed E-state index contributed by atoms with van der Waals surface area (Å²) in [5.41, 5.74) is 1.90. The summed E-state index contributed by atoms with van der Waals surface area (Å²) in [5, 5.41) is 11.5. The quantitative estimate of drug-likeness (QED) is 0.669. The smallest absolute Gasteiger partial charge is 0.231 e. The van der Waals surface area contributed by atoms with E-state index in [1.54, 1.807) is 12.1 Å². The Kier molecular flexibility index (Phi) is 5.69. The van der Waals surface area contributed by atoms with E-state index in [0.717, 1.165) is 43.6 Å². The molecular formula is C23H25FN4O. The molecule has 1 aromatic heterocycles. The third-order valence-electron chi connectivity index (χ3n) is 5.51. The lowest BCUT2D eigenvalue weighted by Crippen LogP contribution is -2.20. The fourth-order valence-electron chi connectivity index (χ4n) is 3.95. The number of amides is 1. The molecule has 0 spiro atoms. The normalized spacial score (nSPS) is 14.7. The average Bonchev–Trinajstić information content (AvgIpc) is 2.98. The van der Waals surface area contributed by atoms with Gasteiger partial charge in [0.05, 0.1) is 11.5 Å². The van der Waals surface area contributed by atoms with E-state index in [-0.39, 0.29) is 17.6 Å². The van der Waals surface area contributed by atoms with Crippen molar-refractivity contribution in [3.05, 3.63) is 65.7 Å². The Morgan fingerprint density at radius 2 is 1.97 bits per heavy atom. The molecule has 1 amide bonds. The second-order valence-corrected chi connectivity index (χ2v) is 7.46. The minimum atomic E-state index is -0.363. The van der Waals surface area contributed by atoms with Crippen LogP contribution >= 0.6 is 0 Å². The molecule has 0 saturated heterocycles. The van der Waals surface area contributed by atoms with Gasteiger partial charge in [-0.15, -0.1) is 10.2 Å². The lowest BCUT2D eigenvalue weighted by Gasteiger charge is -2.16. The van der Waals surface area contributed by atoms with Gasteiger partial charge in [0, 0.05) is 18.7 Å². The summed E-state index contributed by atoms with van der Waals surface area (Å²) in [6, 6.07) is 14.3. The van der Waals surface area contributed by atoms with Crippen molar-refractivity contribution in [1.82, 2.24) is 14.8 Å². The molecule has 2 heterocycles. The SMILES string of the molecule is CCC(C(=O)Nc1ccc(F)c(-c2nnc3n2CCCCC3)c1)c1ccccc1. The van der Waals surface area contributed by atoms with Crippen molar-refractivity contribution in [3.8, 4) is 11.4 Å². The number of nitrogens with one attached hydrogen (secondary N) is 1. The molecular weight excluding hydrogens is 367 g/mol. The van der Waals surface area contributed by atoms with Gasteiger partial charge < -0.3 is 9.88 Å².